The molecule has 7 nitrogen and oxygen atoms in total. The minimum absolute atomic E-state index is 0.276. The van der Waals surface area contributed by atoms with Gasteiger partial charge in [-0.15, -0.1) is 5.10 Å². The maximum absolute atomic E-state index is 11.5. The van der Waals surface area contributed by atoms with Crippen LogP contribution in [0, 0.1) is 0 Å². The van der Waals surface area contributed by atoms with Crippen LogP contribution in [0.2, 0.25) is 0 Å². The molecule has 0 aliphatic carbocycles. The van der Waals surface area contributed by atoms with E-state index in [1.165, 1.54) is 6.21 Å². The third-order valence-corrected chi connectivity index (χ3v) is 3.75. The van der Waals surface area contributed by atoms with Crippen LogP contribution in [0.3, 0.4) is 0 Å². The molecular weight excluding hydrogens is 306 g/mol. The second-order valence-electron chi connectivity index (χ2n) is 4.32. The Bertz CT molecular complexity index is 613. The van der Waals surface area contributed by atoms with Crippen LogP contribution < -0.4 is 15.2 Å². The van der Waals surface area contributed by atoms with Gasteiger partial charge in [-0.25, -0.2) is 0 Å². The number of ether oxygens (including phenoxy) is 1. The molecule has 1 atom stereocenters. The van der Waals surface area contributed by atoms with E-state index in [0.29, 0.717) is 6.61 Å². The van der Waals surface area contributed by atoms with Crippen molar-refractivity contribution in [2.75, 3.05) is 6.61 Å². The van der Waals surface area contributed by atoms with Gasteiger partial charge in [0.15, 0.2) is 5.17 Å². The normalized spacial score (nSPS) is 19.6. The van der Waals surface area contributed by atoms with E-state index in [2.05, 4.69) is 15.5 Å². The lowest BCUT2D eigenvalue weighted by Crippen LogP contribution is -2.31. The molecule has 2 rings (SSSR count). The van der Waals surface area contributed by atoms with Gasteiger partial charge in [-0.2, -0.15) is 5.10 Å². The third-order valence-electron chi connectivity index (χ3n) is 2.67. The van der Waals surface area contributed by atoms with Gasteiger partial charge in [0.05, 0.1) is 18.1 Å². The van der Waals surface area contributed by atoms with Crippen LogP contribution in [0.15, 0.2) is 34.5 Å². The molecule has 1 saturated heterocycles. The first kappa shape index (κ1) is 16.0. The average Bonchev–Trinajstić information content (AvgIpc) is 2.81. The van der Waals surface area contributed by atoms with Crippen LogP contribution in [-0.4, -0.2) is 35.1 Å². The summed E-state index contributed by atoms with van der Waals surface area (Å²) >= 11 is 1.03. The van der Waals surface area contributed by atoms with Gasteiger partial charge in [0.2, 0.25) is 5.91 Å². The number of thioether (sulfide) groups is 1. The minimum atomic E-state index is -1.27. The number of hydrogen-bond donors (Lipinski definition) is 1. The summed E-state index contributed by atoms with van der Waals surface area (Å²) in [6, 6.07) is 7.29. The molecule has 1 aliphatic heterocycles. The number of rotatable bonds is 6. The number of nitrogens with zero attached hydrogens (tertiary/aromatic N) is 2. The Morgan fingerprint density at radius 2 is 2.18 bits per heavy atom. The molecule has 1 amide bonds. The molecule has 1 heterocycles. The fraction of sp³-hybridized carbons (Fsp3) is 0.286. The number of carboxylic acids is 1. The van der Waals surface area contributed by atoms with Gasteiger partial charge in [-0.1, -0.05) is 11.8 Å². The van der Waals surface area contributed by atoms with Gasteiger partial charge < -0.3 is 20.0 Å². The summed E-state index contributed by atoms with van der Waals surface area (Å²) in [6.07, 6.45) is 1.18. The van der Waals surface area contributed by atoms with E-state index in [1.54, 1.807) is 0 Å². The predicted octanol–water partition coefficient (Wildman–Crippen LogP) is 0.147. The molecule has 1 N–H and O–H groups in total. The molecule has 116 valence electrons. The molecule has 0 bridgehead atoms. The van der Waals surface area contributed by atoms with Crippen molar-refractivity contribution < 1.29 is 19.4 Å². The number of carboxylic acid groups (broad SMARTS) is 1. The lowest BCUT2D eigenvalue weighted by atomic mass is 10.2. The molecule has 0 unspecified atom stereocenters. The fourth-order valence-electron chi connectivity index (χ4n) is 1.70. The van der Waals surface area contributed by atoms with Crippen LogP contribution in [0.1, 0.15) is 18.9 Å². The number of amidine groups is 1. The number of carbonyl (C=O) groups excluding carboxylic acids is 2. The first-order valence-electron chi connectivity index (χ1n) is 6.59. The molecule has 0 radical (unpaired) electrons. The average molecular weight is 320 g/mol. The minimum Gasteiger partial charge on any atom is -0.550 e. The molecule has 1 aromatic carbocycles. The number of carbonyl (C=O) groups is 2. The molecule has 0 spiro atoms. The summed E-state index contributed by atoms with van der Waals surface area (Å²) in [7, 11) is 0. The zero-order valence-electron chi connectivity index (χ0n) is 11.8. The Balaban J connectivity index is 1.94. The van der Waals surface area contributed by atoms with Crippen molar-refractivity contribution in [3.63, 3.8) is 0 Å². The number of nitrogens with one attached hydrogen (secondary N) is 1. The highest BCUT2D eigenvalue weighted by Gasteiger charge is 2.30. The smallest absolute Gasteiger partial charge is 0.239 e. The van der Waals surface area contributed by atoms with E-state index < -0.39 is 17.1 Å². The van der Waals surface area contributed by atoms with Crippen LogP contribution in [0.5, 0.6) is 5.75 Å². The SMILES string of the molecule is CCOc1ccc(/C=N/N=C2\NC(=O)[C@@H](CC(=O)[O-])S2)cc1. The molecule has 0 aromatic heterocycles. The van der Waals surface area contributed by atoms with Crippen LogP contribution in [-0.2, 0) is 9.59 Å². The fourth-order valence-corrected chi connectivity index (χ4v) is 2.61. The highest BCUT2D eigenvalue weighted by atomic mass is 32.2. The van der Waals surface area contributed by atoms with Crippen LogP contribution >= 0.6 is 11.8 Å². The van der Waals surface area contributed by atoms with Crippen molar-refractivity contribution in [2.45, 2.75) is 18.6 Å². The zero-order valence-corrected chi connectivity index (χ0v) is 12.6. The molecule has 1 aliphatic rings. The largest absolute Gasteiger partial charge is 0.550 e. The molecule has 1 aromatic rings. The van der Waals surface area contributed by atoms with Gasteiger partial charge in [-0.3, -0.25) is 4.79 Å². The van der Waals surface area contributed by atoms with Gasteiger partial charge in [0, 0.05) is 12.4 Å². The summed E-state index contributed by atoms with van der Waals surface area (Å²) < 4.78 is 5.33. The van der Waals surface area contributed by atoms with Crippen LogP contribution in [0.4, 0.5) is 0 Å². The standard InChI is InChI=1S/C14H15N3O4S/c1-2-21-10-5-3-9(4-6-10)8-15-17-14-16-13(20)11(22-14)7-12(18)19/h3-6,8,11H,2,7H2,1H3,(H,18,19)(H,16,17,20)/p-1/b15-8+/t11-/m1/s1. The Hall–Kier alpha value is -2.35. The third kappa shape index (κ3) is 4.59. The van der Waals surface area contributed by atoms with Gasteiger partial charge in [-0.05, 0) is 36.8 Å². The Morgan fingerprint density at radius 1 is 1.45 bits per heavy atom. The molecule has 1 fully saturated rings. The quantitative estimate of drug-likeness (QED) is 0.593. The van der Waals surface area contributed by atoms with Crippen LogP contribution in [0.25, 0.3) is 0 Å². The summed E-state index contributed by atoms with van der Waals surface area (Å²) in [5.41, 5.74) is 0.827. The number of amides is 1. The van der Waals surface area contributed by atoms with Crippen molar-refractivity contribution in [2.24, 2.45) is 10.2 Å². The zero-order chi connectivity index (χ0) is 15.9. The van der Waals surface area contributed by atoms with Gasteiger partial charge in [0.25, 0.3) is 0 Å². The summed E-state index contributed by atoms with van der Waals surface area (Å²) in [4.78, 5) is 22.0. The van der Waals surface area contributed by atoms with Crippen molar-refractivity contribution in [3.8, 4) is 5.75 Å². The van der Waals surface area contributed by atoms with E-state index in [9.17, 15) is 14.7 Å². The number of hydrogen-bond acceptors (Lipinski definition) is 7. The van der Waals surface area contributed by atoms with E-state index >= 15 is 0 Å². The van der Waals surface area contributed by atoms with Crippen molar-refractivity contribution in [1.82, 2.24) is 5.32 Å². The van der Waals surface area contributed by atoms with Crippen molar-refractivity contribution >= 4 is 35.0 Å². The highest BCUT2D eigenvalue weighted by Crippen LogP contribution is 2.21. The van der Waals surface area contributed by atoms with E-state index in [1.807, 2.05) is 31.2 Å². The van der Waals surface area contributed by atoms with E-state index in [0.717, 1.165) is 23.1 Å². The van der Waals surface area contributed by atoms with Gasteiger partial charge >= 0.3 is 0 Å². The predicted molar refractivity (Wildman–Crippen MR) is 81.8 cm³/mol. The van der Waals surface area contributed by atoms with Gasteiger partial charge in [0.1, 0.15) is 5.75 Å². The van der Waals surface area contributed by atoms with E-state index in [-0.39, 0.29) is 11.6 Å². The van der Waals surface area contributed by atoms with Crippen molar-refractivity contribution in [3.05, 3.63) is 29.8 Å². The van der Waals surface area contributed by atoms with Crippen molar-refractivity contribution in [1.29, 1.82) is 0 Å². The lowest BCUT2D eigenvalue weighted by molar-refractivity contribution is -0.305. The Morgan fingerprint density at radius 3 is 2.82 bits per heavy atom. The second-order valence-corrected chi connectivity index (χ2v) is 5.52. The summed E-state index contributed by atoms with van der Waals surface area (Å²) in [5.74, 6) is -0.897. The molecular formula is C14H14N3O4S-. The monoisotopic (exact) mass is 320 g/mol. The first-order valence-corrected chi connectivity index (χ1v) is 7.47. The maximum atomic E-state index is 11.5. The summed E-state index contributed by atoms with van der Waals surface area (Å²) in [6.45, 7) is 2.51. The summed E-state index contributed by atoms with van der Waals surface area (Å²) in [5, 5.41) is 20.3. The Labute approximate surface area is 131 Å². The molecule has 0 saturated carbocycles. The topological polar surface area (TPSA) is 103 Å². The second kappa shape index (κ2) is 7.60. The molecule has 8 heteroatoms. The Kier molecular flexibility index (Phi) is 5.54. The number of aliphatic carboxylic acids is 1. The lowest BCUT2D eigenvalue weighted by Gasteiger charge is -2.04. The first-order chi connectivity index (χ1) is 10.6. The highest BCUT2D eigenvalue weighted by molar-refractivity contribution is 8.15. The maximum Gasteiger partial charge on any atom is 0.239 e. The van der Waals surface area contributed by atoms with E-state index in [4.69, 9.17) is 4.74 Å². The number of benzene rings is 1. The molecule has 22 heavy (non-hydrogen) atoms.